The molecule has 0 amide bonds. The Kier molecular flexibility index (Phi) is 6.11. The summed E-state index contributed by atoms with van der Waals surface area (Å²) in [4.78, 5) is 12.4. The number of hydrogen-bond acceptors (Lipinski definition) is 7. The van der Waals surface area contributed by atoms with Gasteiger partial charge in [0.1, 0.15) is 12.1 Å². The quantitative estimate of drug-likeness (QED) is 0.634. The first-order valence-corrected chi connectivity index (χ1v) is 11.4. The number of sulfonamides is 1. The van der Waals surface area contributed by atoms with E-state index in [0.717, 1.165) is 49.5 Å². The molecule has 3 aromatic rings. The molecule has 0 atom stereocenters. The van der Waals surface area contributed by atoms with Crippen molar-refractivity contribution in [2.45, 2.75) is 11.4 Å². The Morgan fingerprint density at radius 3 is 2.45 bits per heavy atom. The van der Waals surface area contributed by atoms with Crippen LogP contribution in [0.5, 0.6) is 0 Å². The molecule has 0 radical (unpaired) electrons. The Labute approximate surface area is 183 Å². The lowest BCUT2D eigenvalue weighted by molar-refractivity contribution is 0.249. The van der Waals surface area contributed by atoms with Gasteiger partial charge in [-0.15, -0.1) is 0 Å². The summed E-state index contributed by atoms with van der Waals surface area (Å²) in [6.07, 6.45) is 2.77. The highest BCUT2D eigenvalue weighted by Crippen LogP contribution is 2.22. The van der Waals surface area contributed by atoms with Crippen LogP contribution in [0, 0.1) is 11.3 Å². The summed E-state index contributed by atoms with van der Waals surface area (Å²) >= 11 is 0. The summed E-state index contributed by atoms with van der Waals surface area (Å²) in [5.41, 5.74) is 2.75. The molecular weight excluding hydrogens is 412 g/mol. The molecule has 1 aliphatic heterocycles. The number of benzene rings is 2. The summed E-state index contributed by atoms with van der Waals surface area (Å²) in [7, 11) is -3.70. The molecule has 2 heterocycles. The Balaban J connectivity index is 0.00000289. The van der Waals surface area contributed by atoms with E-state index in [1.54, 1.807) is 12.1 Å². The zero-order valence-electron chi connectivity index (χ0n) is 16.8. The highest BCUT2D eigenvalue weighted by atomic mass is 32.2. The fourth-order valence-electron chi connectivity index (χ4n) is 3.56. The maximum Gasteiger partial charge on any atom is 0.263 e. The minimum absolute atomic E-state index is 0. The van der Waals surface area contributed by atoms with E-state index >= 15 is 0 Å². The smallest absolute Gasteiger partial charge is 0.263 e. The van der Waals surface area contributed by atoms with E-state index in [1.807, 2.05) is 36.4 Å². The third-order valence-electron chi connectivity index (χ3n) is 5.24. The second-order valence-corrected chi connectivity index (χ2v) is 8.91. The lowest BCUT2D eigenvalue weighted by atomic mass is 10.1. The molecular formula is C22H24N6O2S. The predicted molar refractivity (Wildman–Crippen MR) is 120 cm³/mol. The average Bonchev–Trinajstić information content (AvgIpc) is 2.80. The van der Waals surface area contributed by atoms with E-state index in [2.05, 4.69) is 30.6 Å². The number of nitriles is 1. The van der Waals surface area contributed by atoms with Crippen LogP contribution in [0.25, 0.3) is 0 Å². The van der Waals surface area contributed by atoms with E-state index in [9.17, 15) is 13.7 Å². The van der Waals surface area contributed by atoms with Crippen molar-refractivity contribution in [3.05, 3.63) is 78.2 Å². The maximum atomic E-state index is 12.5. The van der Waals surface area contributed by atoms with Gasteiger partial charge in [0.2, 0.25) is 0 Å². The zero-order valence-corrected chi connectivity index (χ0v) is 17.7. The van der Waals surface area contributed by atoms with E-state index in [0.29, 0.717) is 0 Å². The molecule has 4 rings (SSSR count). The fraction of sp³-hybridized carbons (Fsp3) is 0.227. The van der Waals surface area contributed by atoms with Crippen LogP contribution in [0.3, 0.4) is 0 Å². The summed E-state index contributed by atoms with van der Waals surface area (Å²) < 4.78 is 27.5. The first-order chi connectivity index (χ1) is 15.0. The molecule has 1 N–H and O–H groups in total. The maximum absolute atomic E-state index is 12.5. The Hall–Kier alpha value is -3.48. The lowest BCUT2D eigenvalue weighted by Crippen LogP contribution is -2.46. The summed E-state index contributed by atoms with van der Waals surface area (Å²) in [5.74, 6) is 0.230. The minimum Gasteiger partial charge on any atom is -0.369 e. The van der Waals surface area contributed by atoms with Crippen molar-refractivity contribution >= 4 is 21.5 Å². The minimum atomic E-state index is -3.70. The predicted octanol–water partition coefficient (Wildman–Crippen LogP) is 2.72. The molecule has 9 heteroatoms. The summed E-state index contributed by atoms with van der Waals surface area (Å²) in [5, 5.41) is 9.27. The van der Waals surface area contributed by atoms with E-state index < -0.39 is 10.0 Å². The Morgan fingerprint density at radius 1 is 1.03 bits per heavy atom. The molecule has 0 spiro atoms. The molecule has 0 aliphatic carbocycles. The van der Waals surface area contributed by atoms with Crippen LogP contribution in [0.1, 0.15) is 12.6 Å². The first kappa shape index (κ1) is 20.8. The van der Waals surface area contributed by atoms with Crippen LogP contribution in [-0.2, 0) is 16.6 Å². The van der Waals surface area contributed by atoms with Crippen molar-refractivity contribution in [3.63, 3.8) is 0 Å². The molecule has 160 valence electrons. The van der Waals surface area contributed by atoms with Gasteiger partial charge in [-0.2, -0.15) is 5.26 Å². The van der Waals surface area contributed by atoms with Crippen LogP contribution in [0.15, 0.2) is 72.0 Å². The van der Waals surface area contributed by atoms with Crippen LogP contribution in [0.4, 0.5) is 11.5 Å². The third-order valence-corrected chi connectivity index (χ3v) is 6.61. The van der Waals surface area contributed by atoms with Crippen molar-refractivity contribution in [1.29, 1.82) is 5.26 Å². The summed E-state index contributed by atoms with van der Waals surface area (Å²) in [6, 6.07) is 18.3. The van der Waals surface area contributed by atoms with E-state index in [-0.39, 0.29) is 12.1 Å². The number of anilines is 2. The average molecular weight is 437 g/mol. The largest absolute Gasteiger partial charge is 0.369 e. The van der Waals surface area contributed by atoms with Gasteiger partial charge in [0.25, 0.3) is 10.0 Å². The molecule has 1 aliphatic rings. The zero-order chi connectivity index (χ0) is 21.7. The van der Waals surface area contributed by atoms with Crippen LogP contribution >= 0.6 is 0 Å². The van der Waals surface area contributed by atoms with Crippen molar-refractivity contribution in [2.24, 2.45) is 0 Å². The fourth-order valence-corrected chi connectivity index (χ4v) is 4.56. The van der Waals surface area contributed by atoms with E-state index in [1.165, 1.54) is 18.6 Å². The number of hydrogen-bond donors (Lipinski definition) is 1. The standard InChI is InChI=1S/C22H22N6O2S.H2/c23-15-18-3-1-2-4-19(18)16-27-11-13-28(14-12-27)20-5-7-21(8-6-20)31(29,30)26-22-9-10-24-17-25-22;/h1-10,17H,11-14,16H2,(H,24,25,26);1H. The molecule has 31 heavy (non-hydrogen) atoms. The Bertz CT molecular complexity index is 1180. The number of nitrogens with one attached hydrogen (secondary N) is 1. The first-order valence-electron chi connectivity index (χ1n) is 9.89. The van der Waals surface area contributed by atoms with Crippen LogP contribution in [0.2, 0.25) is 0 Å². The molecule has 1 aromatic heterocycles. The van der Waals surface area contributed by atoms with Gasteiger partial charge in [-0.3, -0.25) is 9.62 Å². The molecule has 0 saturated carbocycles. The number of rotatable bonds is 6. The number of aromatic nitrogens is 2. The second kappa shape index (κ2) is 9.12. The monoisotopic (exact) mass is 436 g/mol. The molecule has 0 unspecified atom stereocenters. The second-order valence-electron chi connectivity index (χ2n) is 7.23. The van der Waals surface area contributed by atoms with Gasteiger partial charge < -0.3 is 4.90 Å². The van der Waals surface area contributed by atoms with Gasteiger partial charge >= 0.3 is 0 Å². The highest BCUT2D eigenvalue weighted by Gasteiger charge is 2.20. The van der Waals surface area contributed by atoms with Crippen LogP contribution < -0.4 is 9.62 Å². The van der Waals surface area contributed by atoms with Crippen molar-refractivity contribution < 1.29 is 9.84 Å². The van der Waals surface area contributed by atoms with Gasteiger partial charge in [0.15, 0.2) is 0 Å². The van der Waals surface area contributed by atoms with Gasteiger partial charge in [0, 0.05) is 46.0 Å². The van der Waals surface area contributed by atoms with E-state index in [4.69, 9.17) is 0 Å². The number of nitrogens with zero attached hydrogens (tertiary/aromatic N) is 5. The highest BCUT2D eigenvalue weighted by molar-refractivity contribution is 7.92. The third kappa shape index (κ3) is 4.99. The summed E-state index contributed by atoms with van der Waals surface area (Å²) in [6.45, 7) is 4.16. The van der Waals surface area contributed by atoms with Gasteiger partial charge in [-0.1, -0.05) is 18.2 Å². The molecule has 1 saturated heterocycles. The Morgan fingerprint density at radius 2 is 1.77 bits per heavy atom. The normalized spacial score (nSPS) is 14.7. The lowest BCUT2D eigenvalue weighted by Gasteiger charge is -2.36. The van der Waals surface area contributed by atoms with Crippen molar-refractivity contribution in [3.8, 4) is 6.07 Å². The van der Waals surface area contributed by atoms with Crippen molar-refractivity contribution in [2.75, 3.05) is 35.8 Å². The molecule has 0 bridgehead atoms. The van der Waals surface area contributed by atoms with Gasteiger partial charge in [-0.05, 0) is 42.0 Å². The number of piperazine rings is 1. The van der Waals surface area contributed by atoms with Crippen molar-refractivity contribution in [1.82, 2.24) is 14.9 Å². The van der Waals surface area contributed by atoms with Gasteiger partial charge in [-0.25, -0.2) is 18.4 Å². The molecule has 2 aromatic carbocycles. The van der Waals surface area contributed by atoms with Crippen LogP contribution in [-0.4, -0.2) is 49.5 Å². The SMILES string of the molecule is N#Cc1ccccc1CN1CCN(c2ccc(S(=O)(=O)Nc3ccncn3)cc2)CC1.[HH]. The van der Waals surface area contributed by atoms with Gasteiger partial charge in [0.05, 0.1) is 16.5 Å². The molecule has 8 nitrogen and oxygen atoms in total. The molecule has 1 fully saturated rings. The topological polar surface area (TPSA) is 102 Å².